The average Bonchev–Trinajstić information content (AvgIpc) is 2.39. The standard InChI is InChI=1S/C12H15ClN2O2/c1-15(10-4-6-17-7-5-10)12(16)9-2-3-11(13)14-8-9/h2-3,8,10H,4-7H2,1H3. The summed E-state index contributed by atoms with van der Waals surface area (Å²) in [7, 11) is 1.83. The summed E-state index contributed by atoms with van der Waals surface area (Å²) in [4.78, 5) is 17.8. The lowest BCUT2D eigenvalue weighted by molar-refractivity contribution is 0.0362. The maximum absolute atomic E-state index is 12.2. The fourth-order valence-electron chi connectivity index (χ4n) is 1.94. The topological polar surface area (TPSA) is 42.4 Å². The number of aromatic nitrogens is 1. The summed E-state index contributed by atoms with van der Waals surface area (Å²) in [5.74, 6) is -0.0129. The van der Waals surface area contributed by atoms with Gasteiger partial charge >= 0.3 is 0 Å². The van der Waals surface area contributed by atoms with E-state index in [4.69, 9.17) is 16.3 Å². The van der Waals surface area contributed by atoms with Gasteiger partial charge in [-0.2, -0.15) is 0 Å². The molecule has 0 N–H and O–H groups in total. The number of nitrogens with zero attached hydrogens (tertiary/aromatic N) is 2. The molecule has 1 amide bonds. The Morgan fingerprint density at radius 3 is 2.76 bits per heavy atom. The number of carbonyl (C=O) groups is 1. The molecule has 5 heteroatoms. The first kappa shape index (κ1) is 12.3. The Kier molecular flexibility index (Phi) is 3.97. The van der Waals surface area contributed by atoms with Crippen LogP contribution in [0.4, 0.5) is 0 Å². The highest BCUT2D eigenvalue weighted by atomic mass is 35.5. The second-order valence-electron chi connectivity index (χ2n) is 4.13. The summed E-state index contributed by atoms with van der Waals surface area (Å²) in [5.41, 5.74) is 0.573. The number of pyridine rings is 1. The quantitative estimate of drug-likeness (QED) is 0.758. The van der Waals surface area contributed by atoms with E-state index in [2.05, 4.69) is 4.98 Å². The smallest absolute Gasteiger partial charge is 0.255 e. The first-order chi connectivity index (χ1) is 8.18. The fraction of sp³-hybridized carbons (Fsp3) is 0.500. The molecule has 1 aromatic rings. The molecule has 0 unspecified atom stereocenters. The van der Waals surface area contributed by atoms with E-state index in [0.717, 1.165) is 26.1 Å². The Bertz CT molecular complexity index is 388. The van der Waals surface area contributed by atoms with Crippen molar-refractivity contribution in [3.05, 3.63) is 29.0 Å². The summed E-state index contributed by atoms with van der Waals surface area (Å²) in [6.07, 6.45) is 3.30. The SMILES string of the molecule is CN(C(=O)c1ccc(Cl)nc1)C1CCOCC1. The molecule has 0 saturated carbocycles. The van der Waals surface area contributed by atoms with Crippen molar-refractivity contribution >= 4 is 17.5 Å². The Morgan fingerprint density at radius 2 is 2.18 bits per heavy atom. The van der Waals surface area contributed by atoms with E-state index in [9.17, 15) is 4.79 Å². The van der Waals surface area contributed by atoms with Crippen LogP contribution in [0.25, 0.3) is 0 Å². The van der Waals surface area contributed by atoms with Gasteiger partial charge in [0.25, 0.3) is 5.91 Å². The van der Waals surface area contributed by atoms with Crippen LogP contribution >= 0.6 is 11.6 Å². The number of hydrogen-bond acceptors (Lipinski definition) is 3. The first-order valence-corrected chi connectivity index (χ1v) is 6.03. The van der Waals surface area contributed by atoms with Crippen molar-refractivity contribution in [3.63, 3.8) is 0 Å². The van der Waals surface area contributed by atoms with E-state index < -0.39 is 0 Å². The first-order valence-electron chi connectivity index (χ1n) is 5.65. The summed E-state index contributed by atoms with van der Waals surface area (Å²) in [6, 6.07) is 3.59. The number of hydrogen-bond donors (Lipinski definition) is 0. The van der Waals surface area contributed by atoms with Crippen LogP contribution in [0.5, 0.6) is 0 Å². The number of rotatable bonds is 2. The molecule has 2 rings (SSSR count). The van der Waals surface area contributed by atoms with Gasteiger partial charge < -0.3 is 9.64 Å². The zero-order valence-corrected chi connectivity index (χ0v) is 10.5. The van der Waals surface area contributed by atoms with Gasteiger partial charge in [-0.05, 0) is 25.0 Å². The van der Waals surface area contributed by atoms with Crippen molar-refractivity contribution < 1.29 is 9.53 Å². The van der Waals surface area contributed by atoms with E-state index >= 15 is 0 Å². The summed E-state index contributed by atoms with van der Waals surface area (Å²) in [5, 5.41) is 0.398. The molecule has 2 heterocycles. The van der Waals surface area contributed by atoms with Crippen molar-refractivity contribution in [3.8, 4) is 0 Å². The predicted molar refractivity (Wildman–Crippen MR) is 65.2 cm³/mol. The van der Waals surface area contributed by atoms with Crippen LogP contribution in [0.3, 0.4) is 0 Å². The minimum absolute atomic E-state index is 0.0129. The molecule has 17 heavy (non-hydrogen) atoms. The van der Waals surface area contributed by atoms with Gasteiger partial charge in [-0.15, -0.1) is 0 Å². The largest absolute Gasteiger partial charge is 0.381 e. The van der Waals surface area contributed by atoms with Gasteiger partial charge in [0.2, 0.25) is 0 Å². The number of amides is 1. The minimum Gasteiger partial charge on any atom is -0.381 e. The Balaban J connectivity index is 2.05. The molecule has 0 spiro atoms. The predicted octanol–water partition coefficient (Wildman–Crippen LogP) is 1.99. The lowest BCUT2D eigenvalue weighted by atomic mass is 10.1. The molecule has 1 aromatic heterocycles. The van der Waals surface area contributed by atoms with Crippen LogP contribution in [0.1, 0.15) is 23.2 Å². The zero-order valence-electron chi connectivity index (χ0n) is 9.73. The second-order valence-corrected chi connectivity index (χ2v) is 4.52. The molecule has 1 fully saturated rings. The highest BCUT2D eigenvalue weighted by molar-refractivity contribution is 6.29. The monoisotopic (exact) mass is 254 g/mol. The summed E-state index contributed by atoms with van der Waals surface area (Å²) in [6.45, 7) is 1.45. The Morgan fingerprint density at radius 1 is 1.47 bits per heavy atom. The maximum Gasteiger partial charge on any atom is 0.255 e. The van der Waals surface area contributed by atoms with E-state index in [1.807, 2.05) is 7.05 Å². The molecule has 1 aliphatic heterocycles. The molecular weight excluding hydrogens is 240 g/mol. The third kappa shape index (κ3) is 2.96. The molecule has 0 atom stereocenters. The highest BCUT2D eigenvalue weighted by Crippen LogP contribution is 2.16. The Hall–Kier alpha value is -1.13. The average molecular weight is 255 g/mol. The molecule has 1 saturated heterocycles. The molecule has 4 nitrogen and oxygen atoms in total. The van der Waals surface area contributed by atoms with Crippen LogP contribution in [0.15, 0.2) is 18.3 Å². The number of halogens is 1. The van der Waals surface area contributed by atoms with Crippen LogP contribution in [-0.4, -0.2) is 42.1 Å². The van der Waals surface area contributed by atoms with Gasteiger partial charge in [0, 0.05) is 32.5 Å². The molecule has 0 radical (unpaired) electrons. The van der Waals surface area contributed by atoms with Crippen LogP contribution < -0.4 is 0 Å². The van der Waals surface area contributed by atoms with Crippen molar-refractivity contribution in [1.29, 1.82) is 0 Å². The van der Waals surface area contributed by atoms with Crippen LogP contribution in [-0.2, 0) is 4.74 Å². The summed E-state index contributed by atoms with van der Waals surface area (Å²) < 4.78 is 5.28. The third-order valence-electron chi connectivity index (χ3n) is 3.03. The lowest BCUT2D eigenvalue weighted by Gasteiger charge is -2.31. The van der Waals surface area contributed by atoms with Gasteiger partial charge in [0.05, 0.1) is 5.56 Å². The van der Waals surface area contributed by atoms with Gasteiger partial charge in [-0.1, -0.05) is 11.6 Å². The van der Waals surface area contributed by atoms with E-state index in [-0.39, 0.29) is 11.9 Å². The van der Waals surface area contributed by atoms with Crippen molar-refractivity contribution in [1.82, 2.24) is 9.88 Å². The molecule has 0 bridgehead atoms. The highest BCUT2D eigenvalue weighted by Gasteiger charge is 2.23. The molecule has 0 aromatic carbocycles. The van der Waals surface area contributed by atoms with Crippen LogP contribution in [0.2, 0.25) is 5.15 Å². The third-order valence-corrected chi connectivity index (χ3v) is 3.26. The number of carbonyl (C=O) groups excluding carboxylic acids is 1. The van der Waals surface area contributed by atoms with Gasteiger partial charge in [-0.25, -0.2) is 4.98 Å². The summed E-state index contributed by atoms with van der Waals surface area (Å²) >= 11 is 5.69. The zero-order chi connectivity index (χ0) is 12.3. The molecule has 92 valence electrons. The molecule has 0 aliphatic carbocycles. The van der Waals surface area contributed by atoms with Gasteiger partial charge in [-0.3, -0.25) is 4.79 Å². The minimum atomic E-state index is -0.0129. The number of ether oxygens (including phenoxy) is 1. The normalized spacial score (nSPS) is 16.8. The van der Waals surface area contributed by atoms with Crippen LogP contribution in [0, 0.1) is 0 Å². The van der Waals surface area contributed by atoms with E-state index in [0.29, 0.717) is 10.7 Å². The van der Waals surface area contributed by atoms with Crippen molar-refractivity contribution in [2.45, 2.75) is 18.9 Å². The van der Waals surface area contributed by atoms with E-state index in [1.165, 1.54) is 6.20 Å². The molecule has 1 aliphatic rings. The fourth-order valence-corrected chi connectivity index (χ4v) is 2.06. The van der Waals surface area contributed by atoms with Gasteiger partial charge in [0.15, 0.2) is 0 Å². The maximum atomic E-state index is 12.2. The Labute approximate surface area is 106 Å². The van der Waals surface area contributed by atoms with E-state index in [1.54, 1.807) is 17.0 Å². The second kappa shape index (κ2) is 5.47. The van der Waals surface area contributed by atoms with Gasteiger partial charge in [0.1, 0.15) is 5.15 Å². The molecular formula is C12H15ClN2O2. The van der Waals surface area contributed by atoms with Crippen molar-refractivity contribution in [2.24, 2.45) is 0 Å². The van der Waals surface area contributed by atoms with Crippen molar-refractivity contribution in [2.75, 3.05) is 20.3 Å². The lowest BCUT2D eigenvalue weighted by Crippen LogP contribution is -2.40.